The maximum Gasteiger partial charge on any atom is 0.414 e. The van der Waals surface area contributed by atoms with Crippen LogP contribution in [0.25, 0.3) is 0 Å². The summed E-state index contributed by atoms with van der Waals surface area (Å²) >= 11 is 0. The van der Waals surface area contributed by atoms with Gasteiger partial charge in [0.1, 0.15) is 23.2 Å². The molecule has 0 bridgehead atoms. The van der Waals surface area contributed by atoms with Crippen molar-refractivity contribution in [2.45, 2.75) is 12.6 Å². The van der Waals surface area contributed by atoms with Gasteiger partial charge >= 0.3 is 6.09 Å². The minimum Gasteiger partial charge on any atom is -0.497 e. The number of amides is 2. The summed E-state index contributed by atoms with van der Waals surface area (Å²) < 4.78 is 38.4. The molecule has 2 aromatic carbocycles. The van der Waals surface area contributed by atoms with E-state index in [-0.39, 0.29) is 11.6 Å². The molecule has 4 N–H and O–H groups in total. The number of imide groups is 1. The molecule has 0 saturated carbocycles. The number of nitrogens with two attached hydrogens (primary N) is 1. The molecule has 154 valence electrons. The number of nitrogen functional groups attached to an aromatic ring is 1. The maximum atomic E-state index is 14.4. The molecule has 0 spiro atoms. The molecule has 8 nitrogen and oxygen atoms in total. The van der Waals surface area contributed by atoms with Gasteiger partial charge in [-0.2, -0.15) is 0 Å². The first-order chi connectivity index (χ1) is 13.7. The number of rotatable bonds is 7. The summed E-state index contributed by atoms with van der Waals surface area (Å²) in [7, 11) is 2.25. The molecule has 2 aromatic rings. The molecule has 0 fully saturated rings. The summed E-state index contributed by atoms with van der Waals surface area (Å²) in [5.74, 6) is -3.67. The van der Waals surface area contributed by atoms with Crippen LogP contribution in [0.2, 0.25) is 0 Å². The van der Waals surface area contributed by atoms with Crippen molar-refractivity contribution in [1.29, 1.82) is 5.41 Å². The van der Waals surface area contributed by atoms with Crippen molar-refractivity contribution < 1.29 is 33.0 Å². The fourth-order valence-electron chi connectivity index (χ4n) is 2.63. The molecular formula is C19H19F2N3O5. The molecule has 29 heavy (non-hydrogen) atoms. The summed E-state index contributed by atoms with van der Waals surface area (Å²) in [4.78, 5) is 24.8. The number of halogens is 2. The number of nitrogens with one attached hydrogen (secondary N) is 1. The number of amidine groups is 1. The van der Waals surface area contributed by atoms with Gasteiger partial charge in [0.15, 0.2) is 6.10 Å². The van der Waals surface area contributed by atoms with E-state index < -0.39 is 41.8 Å². The Balaban J connectivity index is 2.36. The summed E-state index contributed by atoms with van der Waals surface area (Å²) in [5.41, 5.74) is 5.45. The number of methoxy groups -OCH3 is 2. The predicted octanol–water partition coefficient (Wildman–Crippen LogP) is 2.65. The monoisotopic (exact) mass is 407 g/mol. The molecule has 0 heterocycles. The minimum absolute atomic E-state index is 0.105. The first kappa shape index (κ1) is 21.8. The Kier molecular flexibility index (Phi) is 6.84. The summed E-state index contributed by atoms with van der Waals surface area (Å²) in [6.45, 7) is -0.397. The van der Waals surface area contributed by atoms with Gasteiger partial charge in [-0.15, -0.1) is 0 Å². The average Bonchev–Trinajstić information content (AvgIpc) is 2.68. The molecule has 0 saturated heterocycles. The highest BCUT2D eigenvalue weighted by molar-refractivity contribution is 5.95. The Labute approximate surface area is 165 Å². The molecule has 0 unspecified atom stereocenters. The lowest BCUT2D eigenvalue weighted by molar-refractivity contribution is -0.141. The topological polar surface area (TPSA) is 126 Å². The summed E-state index contributed by atoms with van der Waals surface area (Å²) in [6.07, 6.45) is -3.45. The van der Waals surface area contributed by atoms with Gasteiger partial charge in [0.2, 0.25) is 0 Å². The van der Waals surface area contributed by atoms with E-state index in [1.807, 2.05) is 0 Å². The molecule has 0 aromatic heterocycles. The predicted molar refractivity (Wildman–Crippen MR) is 98.7 cm³/mol. The molecule has 10 heteroatoms. The van der Waals surface area contributed by atoms with E-state index in [0.717, 1.165) is 19.2 Å². The maximum absolute atomic E-state index is 14.4. The fraction of sp³-hybridized carbons (Fsp3) is 0.211. The Bertz CT molecular complexity index is 911. The number of hydrogen-bond acceptors (Lipinski definition) is 5. The zero-order chi connectivity index (χ0) is 21.7. The lowest BCUT2D eigenvalue weighted by Crippen LogP contribution is -2.39. The van der Waals surface area contributed by atoms with Gasteiger partial charge < -0.3 is 20.3 Å². The van der Waals surface area contributed by atoms with Crippen LogP contribution in [0, 0.1) is 17.0 Å². The highest BCUT2D eigenvalue weighted by atomic mass is 19.1. The highest BCUT2D eigenvalue weighted by Crippen LogP contribution is 2.29. The largest absolute Gasteiger partial charge is 0.497 e. The summed E-state index contributed by atoms with van der Waals surface area (Å²) in [5, 5.41) is 16.8. The lowest BCUT2D eigenvalue weighted by Gasteiger charge is -2.24. The van der Waals surface area contributed by atoms with Crippen molar-refractivity contribution in [2.24, 2.45) is 5.73 Å². The molecule has 2 amide bonds. The van der Waals surface area contributed by atoms with Crippen LogP contribution >= 0.6 is 0 Å². The van der Waals surface area contributed by atoms with Gasteiger partial charge in [-0.1, -0.05) is 24.3 Å². The molecule has 1 atom stereocenters. The zero-order valence-electron chi connectivity index (χ0n) is 15.6. The molecule has 0 aliphatic carbocycles. The number of carbonyl (C=O) groups is 2. The van der Waals surface area contributed by atoms with E-state index in [9.17, 15) is 23.5 Å². The van der Waals surface area contributed by atoms with Crippen molar-refractivity contribution in [3.8, 4) is 5.75 Å². The molecule has 0 aliphatic rings. The number of ether oxygens (including phenoxy) is 2. The third kappa shape index (κ3) is 4.85. The fourth-order valence-corrected chi connectivity index (χ4v) is 2.63. The standard InChI is InChI=1S/C19H19F2N3O5/c1-28-12-7-13(20)15(14(21)8-12)16(29-2)18(25)24(19(26)27)9-10-3-5-11(6-4-10)17(22)23/h3-8,16H,9H2,1-2H3,(H3,22,23)(H,26,27)/t16-/m1/s1. The van der Waals surface area contributed by atoms with E-state index >= 15 is 0 Å². The Morgan fingerprint density at radius 2 is 1.72 bits per heavy atom. The Morgan fingerprint density at radius 3 is 2.14 bits per heavy atom. The second-order valence-electron chi connectivity index (χ2n) is 5.94. The molecular weight excluding hydrogens is 388 g/mol. The van der Waals surface area contributed by atoms with Crippen LogP contribution < -0.4 is 10.5 Å². The van der Waals surface area contributed by atoms with Crippen LogP contribution in [0.4, 0.5) is 13.6 Å². The number of carbonyl (C=O) groups excluding carboxylic acids is 1. The average molecular weight is 407 g/mol. The molecule has 2 rings (SSSR count). The number of nitrogens with zero attached hydrogens (tertiary/aromatic N) is 1. The SMILES string of the molecule is COc1cc(F)c([C@@H](OC)C(=O)N(Cc2ccc(C(=N)N)cc2)C(=O)O)c(F)c1. The smallest absolute Gasteiger partial charge is 0.414 e. The van der Waals surface area contributed by atoms with Gasteiger partial charge in [0.05, 0.1) is 19.2 Å². The first-order valence-corrected chi connectivity index (χ1v) is 8.23. The van der Waals surface area contributed by atoms with E-state index in [1.165, 1.54) is 31.4 Å². The quantitative estimate of drug-likeness (QED) is 0.479. The van der Waals surface area contributed by atoms with Crippen LogP contribution in [0.1, 0.15) is 22.8 Å². The van der Waals surface area contributed by atoms with Crippen molar-refractivity contribution in [1.82, 2.24) is 4.90 Å². The zero-order valence-corrected chi connectivity index (χ0v) is 15.6. The highest BCUT2D eigenvalue weighted by Gasteiger charge is 2.34. The Morgan fingerprint density at radius 1 is 1.17 bits per heavy atom. The van der Waals surface area contributed by atoms with E-state index in [0.29, 0.717) is 16.0 Å². The second kappa shape index (κ2) is 9.11. The molecule has 0 radical (unpaired) electrons. The number of benzene rings is 2. The first-order valence-electron chi connectivity index (χ1n) is 8.23. The van der Waals surface area contributed by atoms with Gasteiger partial charge in [0.25, 0.3) is 5.91 Å². The minimum atomic E-state index is -1.83. The normalized spacial score (nSPS) is 11.6. The van der Waals surface area contributed by atoms with Crippen LogP contribution in [-0.4, -0.2) is 42.1 Å². The Hall–Kier alpha value is -3.53. The summed E-state index contributed by atoms with van der Waals surface area (Å²) in [6, 6.07) is 7.66. The third-order valence-electron chi connectivity index (χ3n) is 4.11. The van der Waals surface area contributed by atoms with Crippen molar-refractivity contribution in [3.05, 3.63) is 64.7 Å². The number of hydrogen-bond donors (Lipinski definition) is 3. The van der Waals surface area contributed by atoms with E-state index in [2.05, 4.69) is 0 Å². The number of carboxylic acid groups (broad SMARTS) is 1. The van der Waals surface area contributed by atoms with Crippen LogP contribution in [-0.2, 0) is 16.1 Å². The van der Waals surface area contributed by atoms with Gasteiger partial charge in [-0.25, -0.2) is 18.5 Å². The lowest BCUT2D eigenvalue weighted by atomic mass is 10.1. The van der Waals surface area contributed by atoms with Gasteiger partial charge in [-0.05, 0) is 5.56 Å². The van der Waals surface area contributed by atoms with E-state index in [4.69, 9.17) is 20.6 Å². The second-order valence-corrected chi connectivity index (χ2v) is 5.94. The van der Waals surface area contributed by atoms with Gasteiger partial charge in [-0.3, -0.25) is 10.2 Å². The van der Waals surface area contributed by atoms with Crippen LogP contribution in [0.3, 0.4) is 0 Å². The van der Waals surface area contributed by atoms with Crippen LogP contribution in [0.15, 0.2) is 36.4 Å². The van der Waals surface area contributed by atoms with E-state index in [1.54, 1.807) is 0 Å². The van der Waals surface area contributed by atoms with Crippen molar-refractivity contribution in [2.75, 3.05) is 14.2 Å². The van der Waals surface area contributed by atoms with Gasteiger partial charge in [0, 0.05) is 24.8 Å². The third-order valence-corrected chi connectivity index (χ3v) is 4.11. The van der Waals surface area contributed by atoms with Crippen molar-refractivity contribution in [3.63, 3.8) is 0 Å². The van der Waals surface area contributed by atoms with Crippen LogP contribution in [0.5, 0.6) is 5.75 Å². The van der Waals surface area contributed by atoms with Crippen molar-refractivity contribution >= 4 is 17.8 Å². The molecule has 0 aliphatic heterocycles.